The van der Waals surface area contributed by atoms with E-state index in [4.69, 9.17) is 0 Å². The predicted molar refractivity (Wildman–Crippen MR) is 105 cm³/mol. The van der Waals surface area contributed by atoms with Crippen molar-refractivity contribution in [1.82, 2.24) is 15.3 Å². The lowest BCUT2D eigenvalue weighted by Gasteiger charge is -2.10. The van der Waals surface area contributed by atoms with E-state index < -0.39 is 0 Å². The Morgan fingerprint density at radius 2 is 2.04 bits per heavy atom. The number of aromatic nitrogens is 2. The van der Waals surface area contributed by atoms with Gasteiger partial charge in [0.2, 0.25) is 0 Å². The number of nitrogens with zero attached hydrogens (tertiary/aromatic N) is 2. The van der Waals surface area contributed by atoms with Crippen molar-refractivity contribution >= 4 is 28.1 Å². The third-order valence-corrected chi connectivity index (χ3v) is 5.03. The van der Waals surface area contributed by atoms with Gasteiger partial charge in [-0.15, -0.1) is 0 Å². The second kappa shape index (κ2) is 7.06. The molecular weight excluding hydrogens is 342 g/mol. The summed E-state index contributed by atoms with van der Waals surface area (Å²) in [5.74, 6) is -0.102. The lowest BCUT2D eigenvalue weighted by molar-refractivity contribution is 0.0951. The molecule has 3 aromatic heterocycles. The first kappa shape index (κ1) is 16.4. The highest BCUT2D eigenvalue weighted by atomic mass is 32.1. The first-order valence-corrected chi connectivity index (χ1v) is 9.27. The number of amides is 1. The summed E-state index contributed by atoms with van der Waals surface area (Å²) in [6.45, 7) is 2.45. The second-order valence-electron chi connectivity index (χ2n) is 6.07. The molecule has 0 unspecified atom stereocenters. The molecule has 26 heavy (non-hydrogen) atoms. The van der Waals surface area contributed by atoms with Crippen LogP contribution in [0.15, 0.2) is 65.6 Å². The minimum Gasteiger partial charge on any atom is -0.348 e. The van der Waals surface area contributed by atoms with Crippen molar-refractivity contribution in [3.63, 3.8) is 0 Å². The van der Waals surface area contributed by atoms with Crippen LogP contribution < -0.4 is 5.32 Å². The highest BCUT2D eigenvalue weighted by molar-refractivity contribution is 7.08. The van der Waals surface area contributed by atoms with Crippen LogP contribution in [-0.4, -0.2) is 15.9 Å². The number of carbonyl (C=O) groups excluding carboxylic acids is 1. The standard InChI is InChI=1S/C21H17N3OS/c1-14-6-9-22-19-5-4-15(11-18(14)19)21(25)24-12-16-3-2-8-23-20(16)17-7-10-26-13-17/h2-11,13H,12H2,1H3,(H,24,25). The van der Waals surface area contributed by atoms with Crippen LogP contribution in [0, 0.1) is 6.92 Å². The van der Waals surface area contributed by atoms with Gasteiger partial charge in [0.25, 0.3) is 5.91 Å². The van der Waals surface area contributed by atoms with Crippen LogP contribution in [0.3, 0.4) is 0 Å². The van der Waals surface area contributed by atoms with E-state index in [2.05, 4.69) is 20.7 Å². The van der Waals surface area contributed by atoms with Gasteiger partial charge in [-0.1, -0.05) is 6.07 Å². The van der Waals surface area contributed by atoms with Gasteiger partial charge in [0, 0.05) is 40.8 Å². The van der Waals surface area contributed by atoms with Crippen molar-refractivity contribution in [2.24, 2.45) is 0 Å². The highest BCUT2D eigenvalue weighted by Gasteiger charge is 2.11. The monoisotopic (exact) mass is 359 g/mol. The van der Waals surface area contributed by atoms with E-state index in [1.165, 1.54) is 0 Å². The molecule has 0 atom stereocenters. The smallest absolute Gasteiger partial charge is 0.251 e. The molecule has 5 heteroatoms. The number of benzene rings is 1. The predicted octanol–water partition coefficient (Wildman–Crippen LogP) is 4.60. The van der Waals surface area contributed by atoms with Gasteiger partial charge in [-0.25, -0.2) is 0 Å². The van der Waals surface area contributed by atoms with Crippen LogP contribution >= 0.6 is 11.3 Å². The van der Waals surface area contributed by atoms with Gasteiger partial charge in [0.1, 0.15) is 0 Å². The Balaban J connectivity index is 1.56. The zero-order chi connectivity index (χ0) is 17.9. The maximum Gasteiger partial charge on any atom is 0.251 e. The van der Waals surface area contributed by atoms with E-state index in [9.17, 15) is 4.79 Å². The van der Waals surface area contributed by atoms with Crippen molar-refractivity contribution in [3.8, 4) is 11.3 Å². The topological polar surface area (TPSA) is 54.9 Å². The molecule has 0 saturated carbocycles. The molecule has 3 heterocycles. The van der Waals surface area contributed by atoms with Crippen LogP contribution in [0.1, 0.15) is 21.5 Å². The molecule has 0 bridgehead atoms. The van der Waals surface area contributed by atoms with E-state index in [-0.39, 0.29) is 5.91 Å². The number of hydrogen-bond acceptors (Lipinski definition) is 4. The molecule has 0 aliphatic heterocycles. The number of pyridine rings is 2. The van der Waals surface area contributed by atoms with E-state index in [0.717, 1.165) is 33.3 Å². The van der Waals surface area contributed by atoms with Crippen LogP contribution in [0.4, 0.5) is 0 Å². The van der Waals surface area contributed by atoms with E-state index in [1.807, 2.05) is 54.8 Å². The Kier molecular flexibility index (Phi) is 4.46. The summed E-state index contributed by atoms with van der Waals surface area (Å²) in [6.07, 6.45) is 3.56. The molecule has 0 aliphatic carbocycles. The van der Waals surface area contributed by atoms with E-state index >= 15 is 0 Å². The van der Waals surface area contributed by atoms with Crippen LogP contribution in [0.2, 0.25) is 0 Å². The van der Waals surface area contributed by atoms with Crippen molar-refractivity contribution in [2.45, 2.75) is 13.5 Å². The van der Waals surface area contributed by atoms with Gasteiger partial charge in [0.05, 0.1) is 11.2 Å². The summed E-state index contributed by atoms with van der Waals surface area (Å²) in [7, 11) is 0. The Bertz CT molecular complexity index is 1070. The molecular formula is C21H17N3OS. The number of fused-ring (bicyclic) bond motifs is 1. The fraction of sp³-hybridized carbons (Fsp3) is 0.0952. The molecule has 4 rings (SSSR count). The first-order chi connectivity index (χ1) is 12.7. The fourth-order valence-corrected chi connectivity index (χ4v) is 3.58. The van der Waals surface area contributed by atoms with Crippen molar-refractivity contribution in [1.29, 1.82) is 0 Å². The van der Waals surface area contributed by atoms with Gasteiger partial charge < -0.3 is 5.32 Å². The lowest BCUT2D eigenvalue weighted by atomic mass is 10.1. The molecule has 1 N–H and O–H groups in total. The number of hydrogen-bond donors (Lipinski definition) is 1. The molecule has 1 aromatic carbocycles. The van der Waals surface area contributed by atoms with Gasteiger partial charge in [-0.05, 0) is 59.8 Å². The Morgan fingerprint density at radius 1 is 1.12 bits per heavy atom. The van der Waals surface area contributed by atoms with Gasteiger partial charge in [-0.3, -0.25) is 14.8 Å². The van der Waals surface area contributed by atoms with Crippen LogP contribution in [0.5, 0.6) is 0 Å². The molecule has 128 valence electrons. The second-order valence-corrected chi connectivity index (χ2v) is 6.85. The SMILES string of the molecule is Cc1ccnc2ccc(C(=O)NCc3cccnc3-c3ccsc3)cc12. The average molecular weight is 359 g/mol. The van der Waals surface area contributed by atoms with Crippen molar-refractivity contribution in [3.05, 3.63) is 82.3 Å². The summed E-state index contributed by atoms with van der Waals surface area (Å²) >= 11 is 1.63. The largest absolute Gasteiger partial charge is 0.348 e. The number of aryl methyl sites for hydroxylation is 1. The van der Waals surface area contributed by atoms with E-state index in [1.54, 1.807) is 23.7 Å². The molecule has 0 aliphatic rings. The number of nitrogens with one attached hydrogen (secondary N) is 1. The Labute approximate surface area is 155 Å². The Morgan fingerprint density at radius 3 is 2.88 bits per heavy atom. The lowest BCUT2D eigenvalue weighted by Crippen LogP contribution is -2.23. The van der Waals surface area contributed by atoms with Crippen molar-refractivity contribution in [2.75, 3.05) is 0 Å². The molecule has 1 amide bonds. The Hall–Kier alpha value is -3.05. The third-order valence-electron chi connectivity index (χ3n) is 4.35. The summed E-state index contributed by atoms with van der Waals surface area (Å²) in [4.78, 5) is 21.4. The highest BCUT2D eigenvalue weighted by Crippen LogP contribution is 2.23. The zero-order valence-electron chi connectivity index (χ0n) is 14.3. The van der Waals surface area contributed by atoms with E-state index in [0.29, 0.717) is 12.1 Å². The molecule has 4 aromatic rings. The van der Waals surface area contributed by atoms with Crippen LogP contribution in [0.25, 0.3) is 22.2 Å². The fourth-order valence-electron chi connectivity index (χ4n) is 2.94. The number of thiophene rings is 1. The van der Waals surface area contributed by atoms with Gasteiger partial charge in [-0.2, -0.15) is 11.3 Å². The summed E-state index contributed by atoms with van der Waals surface area (Å²) in [5.41, 5.74) is 5.62. The van der Waals surface area contributed by atoms with Gasteiger partial charge >= 0.3 is 0 Å². The quantitative estimate of drug-likeness (QED) is 0.579. The third kappa shape index (κ3) is 3.21. The van der Waals surface area contributed by atoms with Crippen LogP contribution in [-0.2, 0) is 6.54 Å². The number of rotatable bonds is 4. The summed E-state index contributed by atoms with van der Waals surface area (Å²) in [6, 6.07) is 13.5. The summed E-state index contributed by atoms with van der Waals surface area (Å²) < 4.78 is 0. The zero-order valence-corrected chi connectivity index (χ0v) is 15.1. The average Bonchev–Trinajstić information content (AvgIpc) is 3.21. The van der Waals surface area contributed by atoms with Gasteiger partial charge in [0.15, 0.2) is 0 Å². The normalized spacial score (nSPS) is 10.8. The minimum atomic E-state index is -0.102. The molecule has 0 fully saturated rings. The molecule has 0 spiro atoms. The maximum absolute atomic E-state index is 12.6. The molecule has 0 saturated heterocycles. The minimum absolute atomic E-state index is 0.102. The molecule has 0 radical (unpaired) electrons. The maximum atomic E-state index is 12.6. The first-order valence-electron chi connectivity index (χ1n) is 8.32. The summed E-state index contributed by atoms with van der Waals surface area (Å²) in [5, 5.41) is 8.09. The molecule has 4 nitrogen and oxygen atoms in total. The van der Waals surface area contributed by atoms with Crippen molar-refractivity contribution < 1.29 is 4.79 Å². The number of carbonyl (C=O) groups is 1.